The fourth-order valence-electron chi connectivity index (χ4n) is 3.71. The van der Waals surface area contributed by atoms with Gasteiger partial charge < -0.3 is 14.8 Å². The number of aryl methyl sites for hydroxylation is 1. The minimum atomic E-state index is -1.03. The molecule has 0 aromatic heterocycles. The van der Waals surface area contributed by atoms with E-state index in [9.17, 15) is 9.59 Å². The van der Waals surface area contributed by atoms with Crippen LogP contribution in [0.3, 0.4) is 0 Å². The molecule has 134 valence electrons. The topological polar surface area (TPSA) is 79.2 Å². The van der Waals surface area contributed by atoms with E-state index < -0.39 is 11.6 Å². The van der Waals surface area contributed by atoms with E-state index in [2.05, 4.69) is 31.1 Å². The molecular formula is C19H24N2O4. The Balaban J connectivity index is 1.54. The Bertz CT molecular complexity index is 705. The number of nitrogens with zero attached hydrogens (tertiary/aromatic N) is 2. The van der Waals surface area contributed by atoms with Crippen LogP contribution < -0.4 is 0 Å². The highest BCUT2D eigenvalue weighted by molar-refractivity contribution is 6.36. The first-order chi connectivity index (χ1) is 11.9. The molecule has 1 amide bonds. The summed E-state index contributed by atoms with van der Waals surface area (Å²) in [5.41, 5.74) is 1.96. The van der Waals surface area contributed by atoms with Gasteiger partial charge in [-0.3, -0.25) is 4.79 Å². The molecular weight excluding hydrogens is 320 g/mol. The lowest BCUT2D eigenvalue weighted by Crippen LogP contribution is -2.47. The summed E-state index contributed by atoms with van der Waals surface area (Å²) in [7, 11) is 0. The molecule has 1 aromatic rings. The van der Waals surface area contributed by atoms with E-state index in [4.69, 9.17) is 9.94 Å². The molecule has 1 saturated heterocycles. The van der Waals surface area contributed by atoms with Crippen LogP contribution >= 0.6 is 0 Å². The summed E-state index contributed by atoms with van der Waals surface area (Å²) in [5.74, 6) is -0.709. The number of carbonyl (C=O) groups excluding carboxylic acids is 1. The van der Waals surface area contributed by atoms with Crippen molar-refractivity contribution in [3.8, 4) is 0 Å². The zero-order valence-corrected chi connectivity index (χ0v) is 14.7. The lowest BCUT2D eigenvalue weighted by atomic mass is 9.86. The van der Waals surface area contributed by atoms with Crippen LogP contribution in [-0.2, 0) is 14.4 Å². The molecule has 0 aliphatic carbocycles. The van der Waals surface area contributed by atoms with Gasteiger partial charge in [0.2, 0.25) is 5.91 Å². The molecule has 3 rings (SSSR count). The molecule has 0 bridgehead atoms. The van der Waals surface area contributed by atoms with Gasteiger partial charge in [0.15, 0.2) is 5.71 Å². The largest absolute Gasteiger partial charge is 0.477 e. The Hall–Kier alpha value is -2.37. The standard InChI is InChI=1S/C19H24N2O4/c1-13-5-3-4-6-15(13)14(2)11-17(22)21-9-7-19(8-10-21)12-16(18(23)24)20-25-19/h3-6,14H,7-12H2,1-2H3,(H,23,24). The molecule has 2 aliphatic heterocycles. The number of benzene rings is 1. The third kappa shape index (κ3) is 3.67. The zero-order chi connectivity index (χ0) is 18.0. The van der Waals surface area contributed by atoms with Crippen LogP contribution in [0.1, 0.15) is 49.7 Å². The summed E-state index contributed by atoms with van der Waals surface area (Å²) in [4.78, 5) is 30.9. The summed E-state index contributed by atoms with van der Waals surface area (Å²) in [6, 6.07) is 8.16. The van der Waals surface area contributed by atoms with E-state index >= 15 is 0 Å². The molecule has 1 atom stereocenters. The predicted octanol–water partition coefficient (Wildman–Crippen LogP) is 2.71. The summed E-state index contributed by atoms with van der Waals surface area (Å²) in [6.07, 6.45) is 2.05. The van der Waals surface area contributed by atoms with Crippen molar-refractivity contribution in [2.45, 2.75) is 51.0 Å². The van der Waals surface area contributed by atoms with Gasteiger partial charge in [-0.15, -0.1) is 0 Å². The van der Waals surface area contributed by atoms with E-state index in [0.29, 0.717) is 38.8 Å². The number of oxime groups is 1. The van der Waals surface area contributed by atoms with E-state index in [1.165, 1.54) is 11.1 Å². The monoisotopic (exact) mass is 344 g/mol. The van der Waals surface area contributed by atoms with Crippen molar-refractivity contribution < 1.29 is 19.5 Å². The number of aliphatic carboxylic acids is 1. The third-order valence-corrected chi connectivity index (χ3v) is 5.31. The quantitative estimate of drug-likeness (QED) is 0.911. The average Bonchev–Trinajstić information content (AvgIpc) is 3.00. The van der Waals surface area contributed by atoms with Crippen molar-refractivity contribution in [3.63, 3.8) is 0 Å². The highest BCUT2D eigenvalue weighted by Crippen LogP contribution is 2.35. The first-order valence-electron chi connectivity index (χ1n) is 8.72. The Morgan fingerprint density at radius 3 is 2.60 bits per heavy atom. The molecule has 1 fully saturated rings. The highest BCUT2D eigenvalue weighted by atomic mass is 16.7. The van der Waals surface area contributed by atoms with Crippen molar-refractivity contribution in [2.24, 2.45) is 5.16 Å². The van der Waals surface area contributed by atoms with Gasteiger partial charge in [0, 0.05) is 38.8 Å². The van der Waals surface area contributed by atoms with E-state index in [0.717, 1.165) is 0 Å². The van der Waals surface area contributed by atoms with Crippen molar-refractivity contribution in [3.05, 3.63) is 35.4 Å². The molecule has 2 aliphatic rings. The van der Waals surface area contributed by atoms with Crippen LogP contribution in [0, 0.1) is 6.92 Å². The fraction of sp³-hybridized carbons (Fsp3) is 0.526. The van der Waals surface area contributed by atoms with Gasteiger partial charge >= 0.3 is 5.97 Å². The Labute approximate surface area is 147 Å². The smallest absolute Gasteiger partial charge is 0.353 e. The lowest BCUT2D eigenvalue weighted by molar-refractivity contribution is -0.137. The van der Waals surface area contributed by atoms with E-state index in [-0.39, 0.29) is 17.5 Å². The molecule has 1 aromatic carbocycles. The summed E-state index contributed by atoms with van der Waals surface area (Å²) < 4.78 is 0. The Kier molecular flexibility index (Phi) is 4.79. The van der Waals surface area contributed by atoms with Gasteiger partial charge in [-0.25, -0.2) is 4.79 Å². The second-order valence-electron chi connectivity index (χ2n) is 7.14. The van der Waals surface area contributed by atoms with Crippen LogP contribution in [0.15, 0.2) is 29.4 Å². The number of carbonyl (C=O) groups is 2. The van der Waals surface area contributed by atoms with Gasteiger partial charge in [-0.2, -0.15) is 0 Å². The predicted molar refractivity (Wildman–Crippen MR) is 93.5 cm³/mol. The summed E-state index contributed by atoms with van der Waals surface area (Å²) in [6.45, 7) is 5.32. The zero-order valence-electron chi connectivity index (χ0n) is 14.7. The Morgan fingerprint density at radius 1 is 1.32 bits per heavy atom. The molecule has 6 nitrogen and oxygen atoms in total. The number of likely N-dealkylation sites (tertiary alicyclic amines) is 1. The maximum absolute atomic E-state index is 12.6. The minimum Gasteiger partial charge on any atom is -0.477 e. The number of hydrogen-bond donors (Lipinski definition) is 1. The summed E-state index contributed by atoms with van der Waals surface area (Å²) in [5, 5.41) is 12.7. The van der Waals surface area contributed by atoms with Crippen LogP contribution in [0.2, 0.25) is 0 Å². The van der Waals surface area contributed by atoms with Crippen LogP contribution in [0.25, 0.3) is 0 Å². The maximum Gasteiger partial charge on any atom is 0.353 e. The molecule has 2 heterocycles. The van der Waals surface area contributed by atoms with E-state index in [1.54, 1.807) is 0 Å². The number of piperidine rings is 1. The number of carboxylic acids is 1. The van der Waals surface area contributed by atoms with Crippen molar-refractivity contribution in [2.75, 3.05) is 13.1 Å². The number of hydrogen-bond acceptors (Lipinski definition) is 4. The van der Waals surface area contributed by atoms with Crippen LogP contribution in [0.4, 0.5) is 0 Å². The number of carboxylic acid groups (broad SMARTS) is 1. The van der Waals surface area contributed by atoms with Gasteiger partial charge in [0.1, 0.15) is 5.60 Å². The second-order valence-corrected chi connectivity index (χ2v) is 7.14. The van der Waals surface area contributed by atoms with Gasteiger partial charge in [-0.05, 0) is 24.0 Å². The lowest BCUT2D eigenvalue weighted by Gasteiger charge is -2.37. The molecule has 6 heteroatoms. The van der Waals surface area contributed by atoms with Gasteiger partial charge in [-0.1, -0.05) is 36.3 Å². The highest BCUT2D eigenvalue weighted by Gasteiger charge is 2.44. The van der Waals surface area contributed by atoms with Crippen molar-refractivity contribution in [1.82, 2.24) is 4.90 Å². The average molecular weight is 344 g/mol. The first-order valence-corrected chi connectivity index (χ1v) is 8.72. The Morgan fingerprint density at radius 2 is 2.00 bits per heavy atom. The van der Waals surface area contributed by atoms with Gasteiger partial charge in [0.05, 0.1) is 0 Å². The fourth-order valence-corrected chi connectivity index (χ4v) is 3.71. The van der Waals surface area contributed by atoms with E-state index in [1.807, 2.05) is 17.0 Å². The maximum atomic E-state index is 12.6. The number of rotatable bonds is 4. The minimum absolute atomic E-state index is 0.0768. The van der Waals surface area contributed by atoms with Crippen LogP contribution in [-0.4, -0.2) is 46.3 Å². The van der Waals surface area contributed by atoms with Crippen LogP contribution in [0.5, 0.6) is 0 Å². The van der Waals surface area contributed by atoms with Crippen molar-refractivity contribution in [1.29, 1.82) is 0 Å². The molecule has 25 heavy (non-hydrogen) atoms. The summed E-state index contributed by atoms with van der Waals surface area (Å²) >= 11 is 0. The first kappa shape index (κ1) is 17.5. The molecule has 0 saturated carbocycles. The third-order valence-electron chi connectivity index (χ3n) is 5.31. The van der Waals surface area contributed by atoms with Crippen molar-refractivity contribution >= 4 is 17.6 Å². The molecule has 1 spiro atoms. The molecule has 1 unspecified atom stereocenters. The SMILES string of the molecule is Cc1ccccc1C(C)CC(=O)N1CCC2(CC1)CC(C(=O)O)=NO2. The normalized spacial score (nSPS) is 20.1. The number of amides is 1. The molecule has 0 radical (unpaired) electrons. The molecule has 1 N–H and O–H groups in total. The second kappa shape index (κ2) is 6.86. The van der Waals surface area contributed by atoms with Gasteiger partial charge in [0.25, 0.3) is 0 Å².